The van der Waals surface area contributed by atoms with Crippen LogP contribution >= 0.6 is 0 Å². The van der Waals surface area contributed by atoms with E-state index in [4.69, 9.17) is 0 Å². The molecule has 2 amide bonds. The smallest absolute Gasteiger partial charge is 0.254 e. The van der Waals surface area contributed by atoms with Crippen LogP contribution in [0.5, 0.6) is 0 Å². The molecule has 20 heavy (non-hydrogen) atoms. The molecule has 6 heteroatoms. The molecule has 0 aromatic heterocycles. The standard InChI is InChI=1S/C14H17NO5/c16-9-1-2-10(17)15(9)11-3-12(18)6-13(19,4-11)8-14(20,5-11)7-12/h1-2,18-20H,3-8H2. The number of imide groups is 1. The molecule has 4 saturated carbocycles. The fourth-order valence-electron chi connectivity index (χ4n) is 5.53. The molecule has 0 aromatic rings. The van der Waals surface area contributed by atoms with Crippen LogP contribution in [0.2, 0.25) is 0 Å². The summed E-state index contributed by atoms with van der Waals surface area (Å²) in [6.45, 7) is 0. The summed E-state index contributed by atoms with van der Waals surface area (Å²) in [5.41, 5.74) is -4.59. The lowest BCUT2D eigenvalue weighted by atomic mass is 9.47. The van der Waals surface area contributed by atoms with Gasteiger partial charge in [0, 0.05) is 50.7 Å². The average Bonchev–Trinajstić information content (AvgIpc) is 2.51. The molecule has 6 nitrogen and oxygen atoms in total. The zero-order valence-corrected chi connectivity index (χ0v) is 11.0. The third-order valence-electron chi connectivity index (χ3n) is 5.23. The number of nitrogens with zero attached hydrogens (tertiary/aromatic N) is 1. The maximum Gasteiger partial charge on any atom is 0.254 e. The quantitative estimate of drug-likeness (QED) is 0.547. The molecule has 4 bridgehead atoms. The molecule has 0 unspecified atom stereocenters. The highest BCUT2D eigenvalue weighted by molar-refractivity contribution is 6.13. The number of carbonyl (C=O) groups is 2. The lowest BCUT2D eigenvalue weighted by Gasteiger charge is -2.67. The molecular formula is C14H17NO5. The Bertz CT molecular complexity index is 496. The summed E-state index contributed by atoms with van der Waals surface area (Å²) < 4.78 is 0. The molecule has 1 heterocycles. The van der Waals surface area contributed by atoms with E-state index in [2.05, 4.69) is 0 Å². The second kappa shape index (κ2) is 3.16. The summed E-state index contributed by atoms with van der Waals surface area (Å²) in [5.74, 6) is -0.847. The summed E-state index contributed by atoms with van der Waals surface area (Å²) in [6.07, 6.45) is 3.74. The van der Waals surface area contributed by atoms with Crippen LogP contribution in [0, 0.1) is 0 Å². The largest absolute Gasteiger partial charge is 0.390 e. The third-order valence-corrected chi connectivity index (χ3v) is 5.23. The monoisotopic (exact) mass is 279 g/mol. The fourth-order valence-corrected chi connectivity index (χ4v) is 5.53. The van der Waals surface area contributed by atoms with Crippen molar-refractivity contribution in [1.29, 1.82) is 0 Å². The van der Waals surface area contributed by atoms with Crippen molar-refractivity contribution >= 4 is 11.8 Å². The zero-order valence-electron chi connectivity index (χ0n) is 11.0. The summed E-state index contributed by atoms with van der Waals surface area (Å²) in [5, 5.41) is 31.9. The van der Waals surface area contributed by atoms with Gasteiger partial charge in [-0.05, 0) is 0 Å². The van der Waals surface area contributed by atoms with Gasteiger partial charge < -0.3 is 15.3 Å². The van der Waals surface area contributed by atoms with Crippen molar-refractivity contribution in [2.75, 3.05) is 0 Å². The van der Waals surface area contributed by atoms with Crippen LogP contribution in [0.4, 0.5) is 0 Å². The average molecular weight is 279 g/mol. The summed E-state index contributed by atoms with van der Waals surface area (Å²) in [7, 11) is 0. The maximum atomic E-state index is 12.0. The normalized spacial score (nSPS) is 53.2. The highest BCUT2D eigenvalue weighted by Gasteiger charge is 2.70. The molecule has 0 atom stereocenters. The molecule has 108 valence electrons. The van der Waals surface area contributed by atoms with Gasteiger partial charge in [-0.25, -0.2) is 0 Å². The van der Waals surface area contributed by atoms with Crippen molar-refractivity contribution in [2.24, 2.45) is 0 Å². The number of hydrogen-bond acceptors (Lipinski definition) is 5. The number of amides is 2. The van der Waals surface area contributed by atoms with Crippen LogP contribution < -0.4 is 0 Å². The van der Waals surface area contributed by atoms with Crippen molar-refractivity contribution in [3.05, 3.63) is 12.2 Å². The minimum Gasteiger partial charge on any atom is -0.390 e. The van der Waals surface area contributed by atoms with Gasteiger partial charge in [0.05, 0.1) is 22.3 Å². The molecule has 5 rings (SSSR count). The Hall–Kier alpha value is -1.24. The molecule has 0 saturated heterocycles. The van der Waals surface area contributed by atoms with Crippen LogP contribution in [0.15, 0.2) is 12.2 Å². The summed E-state index contributed by atoms with van der Waals surface area (Å²) >= 11 is 0. The predicted molar refractivity (Wildman–Crippen MR) is 66.3 cm³/mol. The van der Waals surface area contributed by atoms with Gasteiger partial charge in [0.25, 0.3) is 11.8 Å². The van der Waals surface area contributed by atoms with Crippen LogP contribution in [-0.2, 0) is 9.59 Å². The molecule has 0 aromatic carbocycles. The van der Waals surface area contributed by atoms with E-state index in [0.29, 0.717) is 0 Å². The van der Waals surface area contributed by atoms with E-state index in [1.807, 2.05) is 0 Å². The molecule has 0 radical (unpaired) electrons. The molecular weight excluding hydrogens is 262 g/mol. The van der Waals surface area contributed by atoms with Crippen molar-refractivity contribution < 1.29 is 24.9 Å². The first kappa shape index (κ1) is 12.5. The highest BCUT2D eigenvalue weighted by Crippen LogP contribution is 2.62. The maximum absolute atomic E-state index is 12.0. The van der Waals surface area contributed by atoms with E-state index in [0.717, 1.165) is 4.90 Å². The second-order valence-electron chi connectivity index (χ2n) is 7.30. The first-order valence-electron chi connectivity index (χ1n) is 6.90. The van der Waals surface area contributed by atoms with Gasteiger partial charge in [0.15, 0.2) is 0 Å². The highest BCUT2D eigenvalue weighted by atomic mass is 16.3. The fraction of sp³-hybridized carbons (Fsp3) is 0.714. The van der Waals surface area contributed by atoms with E-state index < -0.39 is 34.2 Å². The number of aliphatic hydroxyl groups is 3. The summed E-state index contributed by atoms with van der Waals surface area (Å²) in [6, 6.07) is 0. The van der Waals surface area contributed by atoms with Gasteiger partial charge in [-0.1, -0.05) is 0 Å². The van der Waals surface area contributed by atoms with E-state index in [9.17, 15) is 24.9 Å². The first-order valence-corrected chi connectivity index (χ1v) is 6.90. The third kappa shape index (κ3) is 1.44. The second-order valence-corrected chi connectivity index (χ2v) is 7.30. The lowest BCUT2D eigenvalue weighted by molar-refractivity contribution is -0.276. The van der Waals surface area contributed by atoms with Gasteiger partial charge >= 0.3 is 0 Å². The molecule has 3 N–H and O–H groups in total. The lowest BCUT2D eigenvalue weighted by Crippen LogP contribution is -2.76. The minimum atomic E-state index is -1.21. The first-order chi connectivity index (χ1) is 9.17. The minimum absolute atomic E-state index is 0.202. The summed E-state index contributed by atoms with van der Waals surface area (Å²) in [4.78, 5) is 25.1. The van der Waals surface area contributed by atoms with Crippen LogP contribution in [0.3, 0.4) is 0 Å². The van der Waals surface area contributed by atoms with Crippen molar-refractivity contribution in [1.82, 2.24) is 4.90 Å². The molecule has 4 aliphatic carbocycles. The van der Waals surface area contributed by atoms with Gasteiger partial charge in [0.1, 0.15) is 0 Å². The number of rotatable bonds is 1. The number of hydrogen-bond donors (Lipinski definition) is 3. The molecule has 1 aliphatic heterocycles. The molecule has 4 fully saturated rings. The van der Waals surface area contributed by atoms with Crippen LogP contribution in [0.25, 0.3) is 0 Å². The Morgan fingerprint density at radius 2 is 1.10 bits per heavy atom. The van der Waals surface area contributed by atoms with E-state index in [1.165, 1.54) is 12.2 Å². The molecule has 5 aliphatic rings. The van der Waals surface area contributed by atoms with Gasteiger partial charge in [0.2, 0.25) is 0 Å². The SMILES string of the molecule is O=C1C=CC(=O)N1C12CC3(O)CC(O)(CC(O)(C3)C1)C2. The topological polar surface area (TPSA) is 98.1 Å². The Morgan fingerprint density at radius 1 is 0.750 bits per heavy atom. The Kier molecular flexibility index (Phi) is 1.97. The van der Waals surface area contributed by atoms with E-state index in [-0.39, 0.29) is 38.5 Å². The predicted octanol–water partition coefficient (Wildman–Crippen LogP) is -0.775. The van der Waals surface area contributed by atoms with Crippen molar-refractivity contribution in [3.8, 4) is 0 Å². The van der Waals surface area contributed by atoms with E-state index in [1.54, 1.807) is 0 Å². The van der Waals surface area contributed by atoms with Gasteiger partial charge in [-0.15, -0.1) is 0 Å². The van der Waals surface area contributed by atoms with Gasteiger partial charge in [-0.2, -0.15) is 0 Å². The van der Waals surface area contributed by atoms with Crippen molar-refractivity contribution in [2.45, 2.75) is 60.9 Å². The van der Waals surface area contributed by atoms with E-state index >= 15 is 0 Å². The Morgan fingerprint density at radius 3 is 1.45 bits per heavy atom. The Balaban J connectivity index is 1.83. The van der Waals surface area contributed by atoms with Gasteiger partial charge in [-0.3, -0.25) is 14.5 Å². The molecule has 0 spiro atoms. The van der Waals surface area contributed by atoms with Crippen molar-refractivity contribution in [3.63, 3.8) is 0 Å². The zero-order chi connectivity index (χ0) is 14.4. The number of carbonyl (C=O) groups excluding carboxylic acids is 2. The Labute approximate surface area is 115 Å². The van der Waals surface area contributed by atoms with Crippen LogP contribution in [-0.4, -0.2) is 54.4 Å². The van der Waals surface area contributed by atoms with Crippen LogP contribution in [0.1, 0.15) is 38.5 Å².